The first-order valence-corrected chi connectivity index (χ1v) is 7.10. The third-order valence-corrected chi connectivity index (χ3v) is 4.74. The zero-order valence-corrected chi connectivity index (χ0v) is 8.58. The minimum atomic E-state index is -0.709. The van der Waals surface area contributed by atoms with Crippen LogP contribution in [0, 0.1) is 0 Å². The Balaban J connectivity index is 3.53. The van der Waals surface area contributed by atoms with Gasteiger partial charge in [0, 0.05) is 0 Å². The van der Waals surface area contributed by atoms with Gasteiger partial charge in [0.1, 0.15) is 0 Å². The van der Waals surface area contributed by atoms with Gasteiger partial charge in [-0.1, -0.05) is 26.7 Å². The molecule has 0 aliphatic carbocycles. The second kappa shape index (κ2) is 5.02. The van der Waals surface area contributed by atoms with Crippen LogP contribution in [0.25, 0.3) is 0 Å². The average molecular weight is 160 g/mol. The highest BCUT2D eigenvalue weighted by Crippen LogP contribution is 2.41. The molecular weight excluding hydrogens is 139 g/mol. The van der Waals surface area contributed by atoms with Gasteiger partial charge < -0.3 is 0 Å². The highest BCUT2D eigenvalue weighted by Gasteiger charge is 2.03. The van der Waals surface area contributed by atoms with Crippen LogP contribution in [-0.4, -0.2) is 25.3 Å². The van der Waals surface area contributed by atoms with Crippen LogP contribution in [0.5, 0.6) is 0 Å². The normalized spacial score (nSPS) is 16.7. The topological polar surface area (TPSA) is 0 Å². The van der Waals surface area contributed by atoms with Gasteiger partial charge in [-0.3, -0.25) is 0 Å². The zero-order valence-electron chi connectivity index (χ0n) is 7.69. The molecule has 0 saturated carbocycles. The smallest absolute Gasteiger partial charge is 0.0335 e. The monoisotopic (exact) mass is 160 g/mol. The van der Waals surface area contributed by atoms with Crippen molar-refractivity contribution < 1.29 is 0 Å². The first-order valence-electron chi connectivity index (χ1n) is 4.31. The van der Waals surface area contributed by atoms with E-state index in [1.54, 1.807) is 0 Å². The van der Waals surface area contributed by atoms with Crippen molar-refractivity contribution in [3.8, 4) is 0 Å². The van der Waals surface area contributed by atoms with Crippen LogP contribution in [0.1, 0.15) is 33.1 Å². The van der Waals surface area contributed by atoms with Crippen molar-refractivity contribution in [3.05, 3.63) is 0 Å². The molecule has 1 heteroatoms. The molecule has 1 atom stereocenters. The molecule has 62 valence electrons. The third-order valence-electron chi connectivity index (χ3n) is 1.81. The summed E-state index contributed by atoms with van der Waals surface area (Å²) in [6, 6.07) is 0. The summed E-state index contributed by atoms with van der Waals surface area (Å²) in [6.07, 6.45) is 11.1. The molecule has 0 radical (unpaired) electrons. The van der Waals surface area contributed by atoms with Gasteiger partial charge in [-0.25, -0.2) is 0 Å². The predicted octanol–water partition coefficient (Wildman–Crippen LogP) is 3.28. The Morgan fingerprint density at radius 1 is 1.10 bits per heavy atom. The molecule has 0 fully saturated rings. The van der Waals surface area contributed by atoms with E-state index in [2.05, 4.69) is 26.8 Å². The SMILES string of the molecule is C=P(C)(CCC)CCCC. The highest BCUT2D eigenvalue weighted by atomic mass is 31.2. The van der Waals surface area contributed by atoms with Crippen molar-refractivity contribution in [2.75, 3.05) is 19.0 Å². The lowest BCUT2D eigenvalue weighted by atomic mass is 10.4. The Morgan fingerprint density at radius 2 is 1.70 bits per heavy atom. The molecule has 0 saturated heterocycles. The van der Waals surface area contributed by atoms with Crippen molar-refractivity contribution >= 4 is 13.2 Å². The zero-order chi connectivity index (χ0) is 8.04. The maximum Gasteiger partial charge on any atom is -0.0335 e. The van der Waals surface area contributed by atoms with E-state index in [1.165, 1.54) is 31.6 Å². The molecular formula is C9H21P. The molecule has 0 spiro atoms. The van der Waals surface area contributed by atoms with Crippen LogP contribution in [0.4, 0.5) is 0 Å². The quantitative estimate of drug-likeness (QED) is 0.541. The predicted molar refractivity (Wildman–Crippen MR) is 54.9 cm³/mol. The standard InChI is InChI=1S/C9H21P/c1-5-7-9-10(3,4)8-6-2/h3,5-9H2,1-2,4H3. The molecule has 0 aliphatic heterocycles. The van der Waals surface area contributed by atoms with Crippen LogP contribution in [-0.2, 0) is 0 Å². The molecule has 0 amide bonds. The number of rotatable bonds is 5. The van der Waals surface area contributed by atoms with Crippen molar-refractivity contribution in [1.82, 2.24) is 0 Å². The summed E-state index contributed by atoms with van der Waals surface area (Å²) >= 11 is 0. The maximum atomic E-state index is 4.31. The summed E-state index contributed by atoms with van der Waals surface area (Å²) in [5, 5.41) is 0. The van der Waals surface area contributed by atoms with E-state index in [-0.39, 0.29) is 0 Å². The van der Waals surface area contributed by atoms with Gasteiger partial charge >= 0.3 is 0 Å². The summed E-state index contributed by atoms with van der Waals surface area (Å²) in [6.45, 7) is 6.19. The van der Waals surface area contributed by atoms with Crippen LogP contribution >= 0.6 is 6.89 Å². The Bertz CT molecular complexity index is 116. The molecule has 0 aromatic carbocycles. The second-order valence-electron chi connectivity index (χ2n) is 3.42. The van der Waals surface area contributed by atoms with E-state index >= 15 is 0 Å². The van der Waals surface area contributed by atoms with E-state index in [1.807, 2.05) is 0 Å². The van der Waals surface area contributed by atoms with Gasteiger partial charge in [-0.15, -0.1) is 13.2 Å². The Kier molecular flexibility index (Phi) is 5.17. The molecule has 0 N–H and O–H groups in total. The summed E-state index contributed by atoms with van der Waals surface area (Å²) in [5.41, 5.74) is 0. The Morgan fingerprint density at radius 3 is 2.10 bits per heavy atom. The number of hydrogen-bond donors (Lipinski definition) is 0. The minimum absolute atomic E-state index is 0.709. The van der Waals surface area contributed by atoms with Crippen molar-refractivity contribution in [1.29, 1.82) is 0 Å². The molecule has 10 heavy (non-hydrogen) atoms. The van der Waals surface area contributed by atoms with Crippen LogP contribution < -0.4 is 0 Å². The fourth-order valence-electron chi connectivity index (χ4n) is 1.19. The summed E-state index contributed by atoms with van der Waals surface area (Å²) in [5.74, 6) is 0. The lowest BCUT2D eigenvalue weighted by Gasteiger charge is -2.17. The summed E-state index contributed by atoms with van der Waals surface area (Å²) in [4.78, 5) is 0. The molecule has 0 bridgehead atoms. The van der Waals surface area contributed by atoms with Crippen molar-refractivity contribution in [2.24, 2.45) is 0 Å². The lowest BCUT2D eigenvalue weighted by Crippen LogP contribution is -1.92. The third kappa shape index (κ3) is 5.11. The molecule has 0 rings (SSSR count). The van der Waals surface area contributed by atoms with Crippen LogP contribution in [0.3, 0.4) is 0 Å². The van der Waals surface area contributed by atoms with Gasteiger partial charge in [-0.05, 0) is 25.4 Å². The lowest BCUT2D eigenvalue weighted by molar-refractivity contribution is 0.887. The molecule has 0 nitrogen and oxygen atoms in total. The molecule has 1 unspecified atom stereocenters. The first kappa shape index (κ1) is 10.3. The highest BCUT2D eigenvalue weighted by molar-refractivity contribution is 7.73. The van der Waals surface area contributed by atoms with Gasteiger partial charge in [0.25, 0.3) is 0 Å². The van der Waals surface area contributed by atoms with Crippen molar-refractivity contribution in [2.45, 2.75) is 33.1 Å². The number of unbranched alkanes of at least 4 members (excludes halogenated alkanes) is 1. The molecule has 0 heterocycles. The van der Waals surface area contributed by atoms with Gasteiger partial charge in [-0.2, -0.15) is 0 Å². The van der Waals surface area contributed by atoms with E-state index in [9.17, 15) is 0 Å². The van der Waals surface area contributed by atoms with E-state index in [0.29, 0.717) is 0 Å². The Hall–Kier alpha value is 0.300. The fourth-order valence-corrected chi connectivity index (χ4v) is 3.57. The van der Waals surface area contributed by atoms with Gasteiger partial charge in [0.15, 0.2) is 0 Å². The molecule has 0 aromatic rings. The summed E-state index contributed by atoms with van der Waals surface area (Å²) < 4.78 is 0. The number of hydrogen-bond acceptors (Lipinski definition) is 0. The van der Waals surface area contributed by atoms with Crippen molar-refractivity contribution in [3.63, 3.8) is 0 Å². The maximum absolute atomic E-state index is 4.31. The van der Waals surface area contributed by atoms with Crippen LogP contribution in [0.15, 0.2) is 0 Å². The largest absolute Gasteiger partial charge is 0.115 e. The van der Waals surface area contributed by atoms with E-state index in [4.69, 9.17) is 0 Å². The first-order chi connectivity index (χ1) is 4.62. The average Bonchev–Trinajstić information content (AvgIpc) is 1.84. The summed E-state index contributed by atoms with van der Waals surface area (Å²) in [7, 11) is 0. The van der Waals surface area contributed by atoms with Crippen LogP contribution in [0.2, 0.25) is 0 Å². The van der Waals surface area contributed by atoms with Gasteiger partial charge in [0.05, 0.1) is 0 Å². The van der Waals surface area contributed by atoms with E-state index in [0.717, 1.165) is 0 Å². The fraction of sp³-hybridized carbons (Fsp3) is 0.889. The molecule has 0 aromatic heterocycles. The second-order valence-corrected chi connectivity index (χ2v) is 7.55. The Labute approximate surface area is 66.0 Å². The van der Waals surface area contributed by atoms with E-state index < -0.39 is 6.89 Å². The van der Waals surface area contributed by atoms with Gasteiger partial charge in [0.2, 0.25) is 0 Å². The molecule has 0 aliphatic rings. The minimum Gasteiger partial charge on any atom is -0.115 e.